The minimum Gasteiger partial charge on any atom is -0.381 e. The maximum absolute atomic E-state index is 5.63. The lowest BCUT2D eigenvalue weighted by Gasteiger charge is -2.31. The first kappa shape index (κ1) is 22.7. The van der Waals surface area contributed by atoms with E-state index in [2.05, 4.69) is 58.6 Å². The molecule has 0 spiro atoms. The van der Waals surface area contributed by atoms with Crippen molar-refractivity contribution in [3.8, 4) is 0 Å². The fourth-order valence-electron chi connectivity index (χ4n) is 3.27. The zero-order chi connectivity index (χ0) is 20.0. The summed E-state index contributed by atoms with van der Waals surface area (Å²) >= 11 is 0. The van der Waals surface area contributed by atoms with Gasteiger partial charge in [0.05, 0.1) is 12.7 Å². The van der Waals surface area contributed by atoms with E-state index >= 15 is 0 Å². The van der Waals surface area contributed by atoms with Crippen LogP contribution >= 0.6 is 0 Å². The van der Waals surface area contributed by atoms with Crippen molar-refractivity contribution in [2.45, 2.75) is 52.3 Å². The average Bonchev–Trinajstić information content (AvgIpc) is 2.70. The quantitative estimate of drug-likeness (QED) is 0.346. The molecule has 1 saturated heterocycles. The molecule has 1 fully saturated rings. The zero-order valence-corrected chi connectivity index (χ0v) is 17.9. The Morgan fingerprint density at radius 3 is 2.86 bits per heavy atom. The lowest BCUT2D eigenvalue weighted by Crippen LogP contribution is -2.40. The van der Waals surface area contributed by atoms with E-state index in [4.69, 9.17) is 9.47 Å². The van der Waals surface area contributed by atoms with Gasteiger partial charge in [0, 0.05) is 53.0 Å². The van der Waals surface area contributed by atoms with Gasteiger partial charge in [-0.1, -0.05) is 37.6 Å². The van der Waals surface area contributed by atoms with Gasteiger partial charge in [0.15, 0.2) is 5.96 Å². The fourth-order valence-corrected chi connectivity index (χ4v) is 3.27. The fraction of sp³-hybridized carbons (Fsp3) is 0.682. The van der Waals surface area contributed by atoms with E-state index in [0.29, 0.717) is 6.10 Å². The van der Waals surface area contributed by atoms with Gasteiger partial charge in [-0.15, -0.1) is 0 Å². The highest BCUT2D eigenvalue weighted by Crippen LogP contribution is 2.12. The Morgan fingerprint density at radius 1 is 1.25 bits per heavy atom. The second-order valence-corrected chi connectivity index (χ2v) is 7.41. The molecule has 2 rings (SSSR count). The van der Waals surface area contributed by atoms with Crippen molar-refractivity contribution in [2.75, 3.05) is 46.5 Å². The minimum absolute atomic E-state index is 0.324. The molecule has 0 saturated carbocycles. The van der Waals surface area contributed by atoms with E-state index in [-0.39, 0.29) is 0 Å². The lowest BCUT2D eigenvalue weighted by atomic mass is 10.1. The summed E-state index contributed by atoms with van der Waals surface area (Å²) in [5.41, 5.74) is 2.62. The van der Waals surface area contributed by atoms with Crippen molar-refractivity contribution >= 4 is 5.96 Å². The van der Waals surface area contributed by atoms with E-state index in [1.807, 2.05) is 7.05 Å². The first-order valence-electron chi connectivity index (χ1n) is 10.6. The molecule has 0 bridgehead atoms. The Morgan fingerprint density at radius 2 is 2.07 bits per heavy atom. The third-order valence-corrected chi connectivity index (χ3v) is 4.81. The van der Waals surface area contributed by atoms with Crippen LogP contribution in [-0.4, -0.2) is 63.5 Å². The van der Waals surface area contributed by atoms with E-state index in [1.165, 1.54) is 17.5 Å². The Balaban J connectivity index is 1.69. The van der Waals surface area contributed by atoms with Gasteiger partial charge in [-0.25, -0.2) is 0 Å². The van der Waals surface area contributed by atoms with Crippen molar-refractivity contribution < 1.29 is 9.47 Å². The number of ether oxygens (including phenoxy) is 2. The van der Waals surface area contributed by atoms with Gasteiger partial charge < -0.3 is 20.1 Å². The van der Waals surface area contributed by atoms with E-state index in [1.54, 1.807) is 0 Å². The number of aliphatic imine (C=N–C) groups is 1. The Kier molecular flexibility index (Phi) is 10.9. The summed E-state index contributed by atoms with van der Waals surface area (Å²) in [6, 6.07) is 8.78. The number of unbranched alkanes of at least 4 members (excludes halogenated alkanes) is 1. The van der Waals surface area contributed by atoms with Crippen LogP contribution in [0.15, 0.2) is 29.3 Å². The van der Waals surface area contributed by atoms with Crippen molar-refractivity contribution in [3.05, 3.63) is 35.4 Å². The number of hydrogen-bond donors (Lipinski definition) is 2. The maximum atomic E-state index is 5.63. The highest BCUT2D eigenvalue weighted by molar-refractivity contribution is 5.79. The molecular weight excluding hydrogens is 352 g/mol. The first-order chi connectivity index (χ1) is 13.7. The molecule has 1 heterocycles. The summed E-state index contributed by atoms with van der Waals surface area (Å²) in [5, 5.41) is 6.75. The van der Waals surface area contributed by atoms with E-state index in [9.17, 15) is 0 Å². The number of nitrogens with one attached hydrogen (secondary N) is 2. The molecule has 0 radical (unpaired) electrons. The number of hydrogen-bond acceptors (Lipinski definition) is 4. The highest BCUT2D eigenvalue weighted by Gasteiger charge is 2.16. The molecule has 1 aliphatic heterocycles. The smallest absolute Gasteiger partial charge is 0.191 e. The Bertz CT molecular complexity index is 579. The molecule has 1 unspecified atom stereocenters. The molecule has 1 aromatic carbocycles. The minimum atomic E-state index is 0.324. The summed E-state index contributed by atoms with van der Waals surface area (Å²) in [6.07, 6.45) is 3.63. The molecule has 1 aliphatic rings. The van der Waals surface area contributed by atoms with Crippen LogP contribution in [0.25, 0.3) is 0 Å². The van der Waals surface area contributed by atoms with Crippen molar-refractivity contribution in [3.63, 3.8) is 0 Å². The van der Waals surface area contributed by atoms with Gasteiger partial charge in [-0.2, -0.15) is 0 Å². The lowest BCUT2D eigenvalue weighted by molar-refractivity contribution is -0.0212. The molecule has 0 amide bonds. The summed E-state index contributed by atoms with van der Waals surface area (Å²) in [6.45, 7) is 11.4. The van der Waals surface area contributed by atoms with E-state index < -0.39 is 0 Å². The third-order valence-electron chi connectivity index (χ3n) is 4.81. The monoisotopic (exact) mass is 390 g/mol. The molecule has 1 atom stereocenters. The standard InChI is InChI=1S/C22H38N4O2/c1-4-5-12-27-13-7-10-24-22(23-3)25-16-20-8-6-9-21(15-20)18-26-11-14-28-19(2)17-26/h6,8-9,15,19H,4-5,7,10-14,16-18H2,1-3H3,(H2,23,24,25). The van der Waals surface area contributed by atoms with Crippen molar-refractivity contribution in [2.24, 2.45) is 4.99 Å². The molecule has 2 N–H and O–H groups in total. The Hall–Kier alpha value is -1.63. The number of morpholine rings is 1. The topological polar surface area (TPSA) is 58.1 Å². The molecule has 0 aliphatic carbocycles. The predicted octanol–water partition coefficient (Wildman–Crippen LogP) is 2.78. The van der Waals surface area contributed by atoms with Crippen LogP contribution in [0.5, 0.6) is 0 Å². The first-order valence-corrected chi connectivity index (χ1v) is 10.6. The molecule has 0 aromatic heterocycles. The van der Waals surface area contributed by atoms with Crippen LogP contribution in [0, 0.1) is 0 Å². The largest absolute Gasteiger partial charge is 0.381 e. The van der Waals surface area contributed by atoms with Gasteiger partial charge in [0.1, 0.15) is 0 Å². The third kappa shape index (κ3) is 9.04. The van der Waals surface area contributed by atoms with Crippen molar-refractivity contribution in [1.82, 2.24) is 15.5 Å². The number of rotatable bonds is 11. The predicted molar refractivity (Wildman–Crippen MR) is 116 cm³/mol. The zero-order valence-electron chi connectivity index (χ0n) is 17.9. The van der Waals surface area contributed by atoms with Crippen LogP contribution in [0.1, 0.15) is 44.2 Å². The summed E-state index contributed by atoms with van der Waals surface area (Å²) in [7, 11) is 1.81. The summed E-state index contributed by atoms with van der Waals surface area (Å²) < 4.78 is 11.2. The molecule has 28 heavy (non-hydrogen) atoms. The van der Waals surface area contributed by atoms with Gasteiger partial charge in [-0.05, 0) is 30.9 Å². The average molecular weight is 391 g/mol. The molecular formula is C22H38N4O2. The molecule has 6 nitrogen and oxygen atoms in total. The van der Waals surface area contributed by atoms with Crippen LogP contribution < -0.4 is 10.6 Å². The van der Waals surface area contributed by atoms with E-state index in [0.717, 1.165) is 71.3 Å². The SMILES string of the molecule is CCCCOCCCNC(=NC)NCc1cccc(CN2CCOC(C)C2)c1. The highest BCUT2D eigenvalue weighted by atomic mass is 16.5. The van der Waals surface area contributed by atoms with Crippen LogP contribution in [0.2, 0.25) is 0 Å². The van der Waals surface area contributed by atoms with Gasteiger partial charge in [0.25, 0.3) is 0 Å². The number of benzene rings is 1. The second-order valence-electron chi connectivity index (χ2n) is 7.41. The van der Waals surface area contributed by atoms with Crippen LogP contribution in [0.4, 0.5) is 0 Å². The number of nitrogens with zero attached hydrogens (tertiary/aromatic N) is 2. The van der Waals surface area contributed by atoms with Gasteiger partial charge in [0.2, 0.25) is 0 Å². The van der Waals surface area contributed by atoms with Crippen LogP contribution in [-0.2, 0) is 22.6 Å². The second kappa shape index (κ2) is 13.5. The Labute approximate surface area is 170 Å². The van der Waals surface area contributed by atoms with Crippen molar-refractivity contribution in [1.29, 1.82) is 0 Å². The van der Waals surface area contributed by atoms with Gasteiger partial charge >= 0.3 is 0 Å². The summed E-state index contributed by atoms with van der Waals surface area (Å²) in [4.78, 5) is 6.77. The number of guanidine groups is 1. The summed E-state index contributed by atoms with van der Waals surface area (Å²) in [5.74, 6) is 0.834. The maximum Gasteiger partial charge on any atom is 0.191 e. The van der Waals surface area contributed by atoms with Crippen LogP contribution in [0.3, 0.4) is 0 Å². The molecule has 1 aromatic rings. The molecule has 6 heteroatoms. The normalized spacial score (nSPS) is 18.2. The van der Waals surface area contributed by atoms with Gasteiger partial charge in [-0.3, -0.25) is 9.89 Å². The molecule has 158 valence electrons.